The van der Waals surface area contributed by atoms with Crippen molar-refractivity contribution in [1.82, 2.24) is 4.90 Å². The Morgan fingerprint density at radius 2 is 1.52 bits per heavy atom. The molecule has 0 radical (unpaired) electrons. The number of nitrogens with zero attached hydrogens (tertiary/aromatic N) is 1. The van der Waals surface area contributed by atoms with Crippen molar-refractivity contribution in [3.8, 4) is 0 Å². The van der Waals surface area contributed by atoms with E-state index in [-0.39, 0.29) is 11.6 Å². The molecule has 1 aliphatic rings. The van der Waals surface area contributed by atoms with Crippen LogP contribution in [0.3, 0.4) is 0 Å². The molecule has 1 aromatic rings. The van der Waals surface area contributed by atoms with Crippen LogP contribution < -0.4 is 0 Å². The summed E-state index contributed by atoms with van der Waals surface area (Å²) >= 11 is 0.953. The number of carbonyl (C=O) groups is 2. The second-order valence-electron chi connectivity index (χ2n) is 7.63. The van der Waals surface area contributed by atoms with E-state index < -0.39 is 51.5 Å². The molecule has 1 fully saturated rings. The summed E-state index contributed by atoms with van der Waals surface area (Å²) in [5, 5.41) is -1.83. The van der Waals surface area contributed by atoms with Crippen molar-refractivity contribution in [3.63, 3.8) is 0 Å². The molecule has 0 bridgehead atoms. The minimum absolute atomic E-state index is 0.0228. The number of hydrogen-bond donors (Lipinski definition) is 0. The van der Waals surface area contributed by atoms with Crippen molar-refractivity contribution < 1.29 is 40.7 Å². The molecule has 162 valence electrons. The molecule has 11 heteroatoms. The molecule has 1 saturated heterocycles. The van der Waals surface area contributed by atoms with Gasteiger partial charge >= 0.3 is 18.3 Å². The highest BCUT2D eigenvalue weighted by Gasteiger charge is 2.51. The Hall–Kier alpha value is -1.91. The van der Waals surface area contributed by atoms with Crippen molar-refractivity contribution in [2.75, 3.05) is 7.11 Å². The van der Waals surface area contributed by atoms with Crippen LogP contribution in [0, 0.1) is 5.41 Å². The Labute approximate surface area is 167 Å². The second kappa shape index (κ2) is 7.73. The first kappa shape index (κ1) is 23.4. The van der Waals surface area contributed by atoms with Crippen LogP contribution in [0.2, 0.25) is 0 Å². The molecule has 0 N–H and O–H groups in total. The number of methoxy groups -OCH3 is 1. The molecule has 0 unspecified atom stereocenters. The van der Waals surface area contributed by atoms with Gasteiger partial charge < -0.3 is 9.64 Å². The summed E-state index contributed by atoms with van der Waals surface area (Å²) in [6.45, 7) is 5.22. The number of alkyl halides is 6. The van der Waals surface area contributed by atoms with E-state index in [1.54, 1.807) is 20.8 Å². The maximum absolute atomic E-state index is 13.2. The molecule has 4 nitrogen and oxygen atoms in total. The van der Waals surface area contributed by atoms with E-state index in [0.29, 0.717) is 18.5 Å². The Morgan fingerprint density at radius 3 is 1.86 bits per heavy atom. The molecule has 0 spiro atoms. The Morgan fingerprint density at radius 1 is 1.03 bits per heavy atom. The number of carbonyl (C=O) groups excluding carboxylic acids is 2. The molecule has 0 saturated carbocycles. The van der Waals surface area contributed by atoms with E-state index in [9.17, 15) is 35.9 Å². The van der Waals surface area contributed by atoms with E-state index in [1.165, 1.54) is 0 Å². The van der Waals surface area contributed by atoms with Gasteiger partial charge in [-0.2, -0.15) is 26.3 Å². The van der Waals surface area contributed by atoms with Gasteiger partial charge in [0.2, 0.25) is 6.41 Å². The monoisotopic (exact) mass is 443 g/mol. The van der Waals surface area contributed by atoms with Gasteiger partial charge in [-0.15, -0.1) is 11.8 Å². The van der Waals surface area contributed by atoms with Gasteiger partial charge in [-0.1, -0.05) is 20.8 Å². The van der Waals surface area contributed by atoms with Gasteiger partial charge in [0.05, 0.1) is 28.9 Å². The molecule has 29 heavy (non-hydrogen) atoms. The van der Waals surface area contributed by atoms with E-state index in [2.05, 4.69) is 4.74 Å². The summed E-state index contributed by atoms with van der Waals surface area (Å²) in [6, 6.07) is -0.181. The smallest absolute Gasteiger partial charge is 0.416 e. The number of esters is 1. The summed E-state index contributed by atoms with van der Waals surface area (Å²) in [7, 11) is 1.03. The highest BCUT2D eigenvalue weighted by atomic mass is 32.2. The number of halogens is 6. The van der Waals surface area contributed by atoms with Crippen molar-refractivity contribution in [2.45, 2.75) is 49.8 Å². The Balaban J connectivity index is 2.69. The molecular formula is C18H19F6NO3S. The fourth-order valence-electron chi connectivity index (χ4n) is 3.13. The van der Waals surface area contributed by atoms with E-state index >= 15 is 0 Å². The predicted molar refractivity (Wildman–Crippen MR) is 93.7 cm³/mol. The lowest BCUT2D eigenvalue weighted by Crippen LogP contribution is -2.46. The van der Waals surface area contributed by atoms with Crippen LogP contribution in [-0.4, -0.2) is 35.8 Å². The lowest BCUT2D eigenvalue weighted by molar-refractivity contribution is -0.150. The molecule has 1 amide bonds. The van der Waals surface area contributed by atoms with Gasteiger partial charge in [-0.3, -0.25) is 4.79 Å². The van der Waals surface area contributed by atoms with Crippen LogP contribution in [0.1, 0.15) is 42.7 Å². The lowest BCUT2D eigenvalue weighted by Gasteiger charge is -2.33. The van der Waals surface area contributed by atoms with Crippen molar-refractivity contribution in [1.29, 1.82) is 0 Å². The SMILES string of the molecule is COC(=O)[C@@H]1[C@@H](c2cc(C(F)(F)F)cc(C(F)(F)F)c2)S[C@H](C(C)(C)C)N1C=O. The van der Waals surface area contributed by atoms with Gasteiger partial charge in [-0.25, -0.2) is 4.79 Å². The van der Waals surface area contributed by atoms with Gasteiger partial charge in [0.1, 0.15) is 6.04 Å². The largest absolute Gasteiger partial charge is 0.467 e. The third-order valence-corrected chi connectivity index (χ3v) is 6.43. The Kier molecular flexibility index (Phi) is 6.23. The van der Waals surface area contributed by atoms with Crippen LogP contribution >= 0.6 is 11.8 Å². The quantitative estimate of drug-likeness (QED) is 0.379. The second-order valence-corrected chi connectivity index (χ2v) is 8.86. The fourth-order valence-corrected chi connectivity index (χ4v) is 4.83. The molecule has 1 aromatic carbocycles. The van der Waals surface area contributed by atoms with Crippen LogP contribution in [0.5, 0.6) is 0 Å². The van der Waals surface area contributed by atoms with E-state index in [4.69, 9.17) is 0 Å². The summed E-state index contributed by atoms with van der Waals surface area (Å²) in [4.78, 5) is 25.1. The van der Waals surface area contributed by atoms with Crippen molar-refractivity contribution >= 4 is 24.1 Å². The first-order chi connectivity index (χ1) is 13.1. The zero-order valence-corrected chi connectivity index (χ0v) is 16.7. The van der Waals surface area contributed by atoms with Gasteiger partial charge in [0.25, 0.3) is 0 Å². The molecule has 0 aliphatic carbocycles. The van der Waals surface area contributed by atoms with E-state index in [0.717, 1.165) is 23.8 Å². The fraction of sp³-hybridized carbons (Fsp3) is 0.556. The van der Waals surface area contributed by atoms with Gasteiger partial charge in [0.15, 0.2) is 0 Å². The maximum Gasteiger partial charge on any atom is 0.416 e. The van der Waals surface area contributed by atoms with Gasteiger partial charge in [0, 0.05) is 0 Å². The summed E-state index contributed by atoms with van der Waals surface area (Å²) < 4.78 is 84.0. The Bertz CT molecular complexity index is 755. The van der Waals surface area contributed by atoms with Gasteiger partial charge in [-0.05, 0) is 29.2 Å². The van der Waals surface area contributed by atoms with Crippen LogP contribution in [0.15, 0.2) is 18.2 Å². The summed E-state index contributed by atoms with van der Waals surface area (Å²) in [5.41, 5.74) is -3.93. The molecule has 1 aliphatic heterocycles. The molecule has 0 aromatic heterocycles. The van der Waals surface area contributed by atoms with Crippen LogP contribution in [0.25, 0.3) is 0 Å². The molecule has 3 atom stereocenters. The highest BCUT2D eigenvalue weighted by molar-refractivity contribution is 8.00. The van der Waals surface area contributed by atoms with Crippen molar-refractivity contribution in [2.24, 2.45) is 5.41 Å². The van der Waals surface area contributed by atoms with Crippen LogP contribution in [0.4, 0.5) is 26.3 Å². The third-order valence-electron chi connectivity index (χ3n) is 4.40. The number of rotatable bonds is 3. The van der Waals surface area contributed by atoms with Crippen molar-refractivity contribution in [3.05, 3.63) is 34.9 Å². The topological polar surface area (TPSA) is 46.6 Å². The number of benzene rings is 1. The minimum Gasteiger partial charge on any atom is -0.467 e. The number of amides is 1. The maximum atomic E-state index is 13.2. The van der Waals surface area contributed by atoms with E-state index in [1.807, 2.05) is 0 Å². The lowest BCUT2D eigenvalue weighted by atomic mass is 9.93. The number of ether oxygens (including phenoxy) is 1. The zero-order valence-electron chi connectivity index (χ0n) is 15.9. The average molecular weight is 443 g/mol. The van der Waals surface area contributed by atoms with Crippen LogP contribution in [-0.2, 0) is 26.7 Å². The zero-order chi connectivity index (χ0) is 22.4. The molecular weight excluding hydrogens is 424 g/mol. The standard InChI is InChI=1S/C18H19F6NO3S/c1-16(2,3)15-25(8-26)12(14(27)28-4)13(29-15)9-5-10(17(19,20)21)7-11(6-9)18(22,23)24/h5-8,12-13,15H,1-4H3/t12-,13+,15+/m0/s1. The summed E-state index contributed by atoms with van der Waals surface area (Å²) in [6.07, 6.45) is -9.68. The first-order valence-electron chi connectivity index (χ1n) is 8.36. The first-order valence-corrected chi connectivity index (χ1v) is 9.31. The molecule has 2 rings (SSSR count). The third kappa shape index (κ3) is 4.81. The number of thioether (sulfide) groups is 1. The highest BCUT2D eigenvalue weighted by Crippen LogP contribution is 2.52. The number of hydrogen-bond acceptors (Lipinski definition) is 4. The predicted octanol–water partition coefficient (Wildman–Crippen LogP) is 4.88. The summed E-state index contributed by atoms with van der Waals surface area (Å²) in [5.74, 6) is -0.924. The minimum atomic E-state index is -5.02. The average Bonchev–Trinajstić information content (AvgIpc) is 2.99. The molecule has 1 heterocycles. The normalized spacial score (nSPS) is 23.2.